The van der Waals surface area contributed by atoms with Gasteiger partial charge in [-0.1, -0.05) is 49.4 Å². The highest BCUT2D eigenvalue weighted by atomic mass is 14.8. The molecule has 0 saturated heterocycles. The maximum Gasteiger partial charge on any atom is 0.0972 e. The van der Waals surface area contributed by atoms with Crippen molar-refractivity contribution in [2.45, 2.75) is 13.3 Å². The summed E-state index contributed by atoms with van der Waals surface area (Å²) in [4.78, 5) is 14.2. The van der Waals surface area contributed by atoms with Gasteiger partial charge in [-0.2, -0.15) is 0 Å². The Hall–Kier alpha value is -3.33. The highest BCUT2D eigenvalue weighted by molar-refractivity contribution is 6.04. The Bertz CT molecular complexity index is 1270. The van der Waals surface area contributed by atoms with Gasteiger partial charge in [-0.25, -0.2) is 4.98 Å². The number of aromatic nitrogens is 3. The summed E-state index contributed by atoms with van der Waals surface area (Å²) in [6.45, 7) is 2.16. The van der Waals surface area contributed by atoms with Crippen LogP contribution in [-0.2, 0) is 6.42 Å². The van der Waals surface area contributed by atoms with Gasteiger partial charge >= 0.3 is 0 Å². The molecule has 5 rings (SSSR count). The highest BCUT2D eigenvalue weighted by Crippen LogP contribution is 2.31. The normalized spacial score (nSPS) is 11.4. The maximum atomic E-state index is 4.99. The number of pyridine rings is 3. The smallest absolute Gasteiger partial charge is 0.0972 e. The van der Waals surface area contributed by atoms with Gasteiger partial charge in [-0.15, -0.1) is 0 Å². The van der Waals surface area contributed by atoms with E-state index in [1.54, 1.807) is 0 Å². The molecule has 124 valence electrons. The molecule has 0 aliphatic carbocycles. The van der Waals surface area contributed by atoms with Crippen LogP contribution >= 0.6 is 0 Å². The van der Waals surface area contributed by atoms with Gasteiger partial charge in [0.05, 0.1) is 22.2 Å². The van der Waals surface area contributed by atoms with E-state index in [0.717, 1.165) is 50.4 Å². The molecule has 0 fully saturated rings. The molecule has 2 aromatic carbocycles. The zero-order valence-electron chi connectivity index (χ0n) is 14.5. The molecule has 0 amide bonds. The van der Waals surface area contributed by atoms with Crippen molar-refractivity contribution in [3.63, 3.8) is 0 Å². The van der Waals surface area contributed by atoms with Gasteiger partial charge in [-0.3, -0.25) is 9.97 Å². The van der Waals surface area contributed by atoms with Crippen molar-refractivity contribution in [3.8, 4) is 11.3 Å². The Labute approximate surface area is 151 Å². The summed E-state index contributed by atoms with van der Waals surface area (Å²) in [6, 6.07) is 20.9. The monoisotopic (exact) mass is 335 g/mol. The lowest BCUT2D eigenvalue weighted by Gasteiger charge is -2.10. The van der Waals surface area contributed by atoms with Crippen LogP contribution in [0.3, 0.4) is 0 Å². The van der Waals surface area contributed by atoms with Crippen molar-refractivity contribution < 1.29 is 0 Å². The summed E-state index contributed by atoms with van der Waals surface area (Å²) in [5.41, 5.74) is 6.27. The fraction of sp³-hybridized carbons (Fsp3) is 0.0870. The summed E-state index contributed by atoms with van der Waals surface area (Å²) in [5.74, 6) is 0. The third-order valence-corrected chi connectivity index (χ3v) is 4.94. The van der Waals surface area contributed by atoms with Crippen LogP contribution in [0.2, 0.25) is 0 Å². The lowest BCUT2D eigenvalue weighted by Crippen LogP contribution is -1.93. The van der Waals surface area contributed by atoms with Crippen LogP contribution in [0.5, 0.6) is 0 Å². The largest absolute Gasteiger partial charge is 0.256 e. The third kappa shape index (κ3) is 2.25. The Morgan fingerprint density at radius 3 is 2.27 bits per heavy atom. The molecule has 0 saturated carbocycles. The zero-order valence-corrected chi connectivity index (χ0v) is 14.5. The molecule has 3 aromatic heterocycles. The molecule has 0 spiro atoms. The molecule has 3 heteroatoms. The fourth-order valence-corrected chi connectivity index (χ4v) is 3.61. The average Bonchev–Trinajstić information content (AvgIpc) is 2.72. The van der Waals surface area contributed by atoms with Crippen molar-refractivity contribution in [2.24, 2.45) is 0 Å². The first-order valence-electron chi connectivity index (χ1n) is 8.86. The SMILES string of the molecule is CCc1ccc(-c2ccc3ccc4cccnc4c3n2)c2cccnc12. The second-order valence-electron chi connectivity index (χ2n) is 6.43. The summed E-state index contributed by atoms with van der Waals surface area (Å²) in [5, 5.41) is 3.36. The van der Waals surface area contributed by atoms with E-state index in [0.29, 0.717) is 0 Å². The Kier molecular flexibility index (Phi) is 3.39. The maximum absolute atomic E-state index is 4.99. The van der Waals surface area contributed by atoms with Crippen LogP contribution < -0.4 is 0 Å². The number of rotatable bonds is 2. The molecule has 0 aliphatic rings. The molecule has 3 nitrogen and oxygen atoms in total. The minimum absolute atomic E-state index is 0.942. The highest BCUT2D eigenvalue weighted by Gasteiger charge is 2.11. The van der Waals surface area contributed by atoms with E-state index in [9.17, 15) is 0 Å². The number of benzene rings is 2. The summed E-state index contributed by atoms with van der Waals surface area (Å²) in [6.07, 6.45) is 4.65. The fourth-order valence-electron chi connectivity index (χ4n) is 3.61. The van der Waals surface area contributed by atoms with E-state index in [2.05, 4.69) is 65.4 Å². The van der Waals surface area contributed by atoms with Gasteiger partial charge in [0.2, 0.25) is 0 Å². The first-order valence-corrected chi connectivity index (χ1v) is 8.86. The van der Waals surface area contributed by atoms with Crippen LogP contribution in [0.4, 0.5) is 0 Å². The molecule has 26 heavy (non-hydrogen) atoms. The van der Waals surface area contributed by atoms with Crippen molar-refractivity contribution in [1.29, 1.82) is 0 Å². The van der Waals surface area contributed by atoms with Crippen LogP contribution in [0.1, 0.15) is 12.5 Å². The van der Waals surface area contributed by atoms with Gasteiger partial charge in [0, 0.05) is 34.1 Å². The van der Waals surface area contributed by atoms with Gasteiger partial charge in [-0.05, 0) is 30.2 Å². The van der Waals surface area contributed by atoms with Gasteiger partial charge in [0.25, 0.3) is 0 Å². The van der Waals surface area contributed by atoms with Crippen molar-refractivity contribution in [2.75, 3.05) is 0 Å². The van der Waals surface area contributed by atoms with E-state index in [4.69, 9.17) is 4.98 Å². The van der Waals surface area contributed by atoms with Gasteiger partial charge in [0.15, 0.2) is 0 Å². The van der Waals surface area contributed by atoms with E-state index in [1.165, 1.54) is 5.56 Å². The minimum Gasteiger partial charge on any atom is -0.256 e. The van der Waals surface area contributed by atoms with Crippen molar-refractivity contribution >= 4 is 32.7 Å². The molecule has 5 aromatic rings. The average molecular weight is 335 g/mol. The van der Waals surface area contributed by atoms with E-state index in [-0.39, 0.29) is 0 Å². The molecular weight excluding hydrogens is 318 g/mol. The van der Waals surface area contributed by atoms with Crippen LogP contribution in [-0.4, -0.2) is 15.0 Å². The van der Waals surface area contributed by atoms with Crippen molar-refractivity contribution in [3.05, 3.63) is 78.6 Å². The summed E-state index contributed by atoms with van der Waals surface area (Å²) >= 11 is 0. The van der Waals surface area contributed by atoms with Crippen LogP contribution in [0.15, 0.2) is 73.1 Å². The Morgan fingerprint density at radius 2 is 1.42 bits per heavy atom. The Balaban J connectivity index is 1.82. The van der Waals surface area contributed by atoms with E-state index < -0.39 is 0 Å². The number of aryl methyl sites for hydroxylation is 1. The third-order valence-electron chi connectivity index (χ3n) is 4.94. The van der Waals surface area contributed by atoms with E-state index >= 15 is 0 Å². The molecule has 0 unspecified atom stereocenters. The standard InChI is InChI=1S/C23H17N3/c1-2-15-9-11-18(19-6-4-14-24-21(15)19)20-12-10-17-8-7-16-5-3-13-25-22(16)23(17)26-20/h3-14H,2H2,1H3. The molecule has 0 bridgehead atoms. The van der Waals surface area contributed by atoms with Gasteiger partial charge < -0.3 is 0 Å². The summed E-state index contributed by atoms with van der Waals surface area (Å²) < 4.78 is 0. The predicted molar refractivity (Wildman–Crippen MR) is 107 cm³/mol. The lowest BCUT2D eigenvalue weighted by atomic mass is 9.99. The number of hydrogen-bond donors (Lipinski definition) is 0. The van der Waals surface area contributed by atoms with Crippen LogP contribution in [0.25, 0.3) is 44.0 Å². The Morgan fingerprint density at radius 1 is 0.692 bits per heavy atom. The first-order chi connectivity index (χ1) is 12.8. The van der Waals surface area contributed by atoms with Crippen LogP contribution in [0, 0.1) is 0 Å². The van der Waals surface area contributed by atoms with Crippen molar-refractivity contribution in [1.82, 2.24) is 15.0 Å². The quantitative estimate of drug-likeness (QED) is 0.396. The van der Waals surface area contributed by atoms with Gasteiger partial charge in [0.1, 0.15) is 0 Å². The topological polar surface area (TPSA) is 38.7 Å². The summed E-state index contributed by atoms with van der Waals surface area (Å²) in [7, 11) is 0. The molecule has 0 N–H and O–H groups in total. The predicted octanol–water partition coefficient (Wildman–Crippen LogP) is 5.56. The molecular formula is C23H17N3. The number of fused-ring (bicyclic) bond motifs is 4. The first kappa shape index (κ1) is 15.0. The molecule has 3 heterocycles. The second-order valence-corrected chi connectivity index (χ2v) is 6.43. The van der Waals surface area contributed by atoms with E-state index in [1.807, 2.05) is 24.5 Å². The number of nitrogens with zero attached hydrogens (tertiary/aromatic N) is 3. The molecule has 0 atom stereocenters. The second kappa shape index (κ2) is 5.88. The minimum atomic E-state index is 0.942. The molecule has 0 radical (unpaired) electrons. The number of hydrogen-bond acceptors (Lipinski definition) is 3. The lowest BCUT2D eigenvalue weighted by molar-refractivity contribution is 1.14. The zero-order chi connectivity index (χ0) is 17.5. The molecule has 0 aliphatic heterocycles.